The summed E-state index contributed by atoms with van der Waals surface area (Å²) >= 11 is 0. The van der Waals surface area contributed by atoms with E-state index in [0.717, 1.165) is 30.0 Å². The Kier molecular flexibility index (Phi) is 3.67. The summed E-state index contributed by atoms with van der Waals surface area (Å²) in [5, 5.41) is 9.18. The molecule has 106 valence electrons. The van der Waals surface area contributed by atoms with Crippen LogP contribution < -0.4 is 10.6 Å². The number of hydrogen-bond donors (Lipinski definition) is 1. The van der Waals surface area contributed by atoms with Crippen molar-refractivity contribution in [1.82, 2.24) is 9.97 Å². The van der Waals surface area contributed by atoms with Crippen LogP contribution in [0.5, 0.6) is 0 Å². The number of nitrogens with two attached hydrogens (primary N) is 1. The Morgan fingerprint density at radius 3 is 2.62 bits per heavy atom. The van der Waals surface area contributed by atoms with Crippen molar-refractivity contribution in [2.45, 2.75) is 0 Å². The summed E-state index contributed by atoms with van der Waals surface area (Å²) in [6.07, 6.45) is 3.45. The maximum absolute atomic E-state index is 9.18. The molecule has 1 saturated heterocycles. The normalized spacial score (nSPS) is 14.7. The number of pyridine rings is 2. The quantitative estimate of drug-likeness (QED) is 0.896. The number of anilines is 2. The van der Waals surface area contributed by atoms with Crippen LogP contribution in [0.15, 0.2) is 30.6 Å². The summed E-state index contributed by atoms with van der Waals surface area (Å²) in [7, 11) is 0. The molecule has 0 atom stereocenters. The van der Waals surface area contributed by atoms with Crippen molar-refractivity contribution in [2.75, 3.05) is 36.9 Å². The molecule has 6 heteroatoms. The van der Waals surface area contributed by atoms with E-state index in [1.807, 2.05) is 12.1 Å². The molecule has 2 aromatic heterocycles. The maximum Gasteiger partial charge on any atom is 0.143 e. The SMILES string of the molecule is N#Cc1cc(-c2ccncc2)c(N2CCOCC2)nc1N. The number of morpholine rings is 1. The molecule has 0 unspecified atom stereocenters. The fourth-order valence-corrected chi connectivity index (χ4v) is 2.37. The Morgan fingerprint density at radius 2 is 1.95 bits per heavy atom. The van der Waals surface area contributed by atoms with Crippen LogP contribution in [0, 0.1) is 11.3 Å². The second-order valence-electron chi connectivity index (χ2n) is 4.74. The lowest BCUT2D eigenvalue weighted by molar-refractivity contribution is 0.122. The van der Waals surface area contributed by atoms with Crippen LogP contribution >= 0.6 is 0 Å². The van der Waals surface area contributed by atoms with Crippen molar-refractivity contribution in [3.05, 3.63) is 36.2 Å². The lowest BCUT2D eigenvalue weighted by Crippen LogP contribution is -2.37. The fourth-order valence-electron chi connectivity index (χ4n) is 2.37. The van der Waals surface area contributed by atoms with Crippen LogP contribution in [0.4, 0.5) is 11.6 Å². The van der Waals surface area contributed by atoms with E-state index in [0.29, 0.717) is 18.8 Å². The van der Waals surface area contributed by atoms with Crippen LogP contribution in [0.1, 0.15) is 5.56 Å². The molecule has 0 spiro atoms. The van der Waals surface area contributed by atoms with Crippen LogP contribution in [0.25, 0.3) is 11.1 Å². The van der Waals surface area contributed by atoms with Crippen LogP contribution in [0.3, 0.4) is 0 Å². The Balaban J connectivity index is 2.13. The fraction of sp³-hybridized carbons (Fsp3) is 0.267. The van der Waals surface area contributed by atoms with Gasteiger partial charge in [0.1, 0.15) is 17.7 Å². The Labute approximate surface area is 122 Å². The first-order valence-corrected chi connectivity index (χ1v) is 6.73. The topological polar surface area (TPSA) is 88.1 Å². The molecule has 0 aliphatic carbocycles. The van der Waals surface area contributed by atoms with Gasteiger partial charge >= 0.3 is 0 Å². The standard InChI is InChI=1S/C15H15N5O/c16-10-12-9-13(11-1-3-18-4-2-11)15(19-14(12)17)20-5-7-21-8-6-20/h1-4,9H,5-8H2,(H2,17,19). The van der Waals surface area contributed by atoms with Crippen molar-refractivity contribution in [3.63, 3.8) is 0 Å². The molecule has 1 fully saturated rings. The molecule has 2 N–H and O–H groups in total. The number of hydrogen-bond acceptors (Lipinski definition) is 6. The molecule has 0 amide bonds. The third kappa shape index (κ3) is 2.64. The summed E-state index contributed by atoms with van der Waals surface area (Å²) in [5.74, 6) is 1.05. The van der Waals surface area contributed by atoms with Gasteiger partial charge in [-0.15, -0.1) is 0 Å². The van der Waals surface area contributed by atoms with E-state index in [4.69, 9.17) is 10.5 Å². The molecular formula is C15H15N5O. The zero-order chi connectivity index (χ0) is 14.7. The largest absolute Gasteiger partial charge is 0.383 e. The van der Waals surface area contributed by atoms with Crippen molar-refractivity contribution in [1.29, 1.82) is 5.26 Å². The minimum Gasteiger partial charge on any atom is -0.383 e. The van der Waals surface area contributed by atoms with Gasteiger partial charge in [-0.2, -0.15) is 5.26 Å². The molecule has 21 heavy (non-hydrogen) atoms. The first-order valence-electron chi connectivity index (χ1n) is 6.73. The smallest absolute Gasteiger partial charge is 0.143 e. The number of nitriles is 1. The molecular weight excluding hydrogens is 266 g/mol. The highest BCUT2D eigenvalue weighted by Gasteiger charge is 2.19. The molecule has 2 aromatic rings. The predicted octanol–water partition coefficient (Wildman–Crippen LogP) is 1.43. The van der Waals surface area contributed by atoms with E-state index in [1.165, 1.54) is 0 Å². The van der Waals surface area contributed by atoms with Crippen LogP contribution in [-0.2, 0) is 4.74 Å². The van der Waals surface area contributed by atoms with Gasteiger partial charge in [-0.1, -0.05) is 0 Å². The second-order valence-corrected chi connectivity index (χ2v) is 4.74. The summed E-state index contributed by atoms with van der Waals surface area (Å²) in [6.45, 7) is 2.85. The average molecular weight is 281 g/mol. The van der Waals surface area contributed by atoms with Gasteiger partial charge in [-0.25, -0.2) is 4.98 Å². The van der Waals surface area contributed by atoms with E-state index in [2.05, 4.69) is 20.9 Å². The number of nitrogens with zero attached hydrogens (tertiary/aromatic N) is 4. The van der Waals surface area contributed by atoms with Crippen molar-refractivity contribution in [2.24, 2.45) is 0 Å². The van der Waals surface area contributed by atoms with E-state index >= 15 is 0 Å². The van der Waals surface area contributed by atoms with E-state index in [-0.39, 0.29) is 5.82 Å². The van der Waals surface area contributed by atoms with Gasteiger partial charge in [-0.3, -0.25) is 4.98 Å². The number of nitrogen functional groups attached to an aromatic ring is 1. The van der Waals surface area contributed by atoms with Gasteiger partial charge in [0.05, 0.1) is 18.8 Å². The maximum atomic E-state index is 9.18. The zero-order valence-corrected chi connectivity index (χ0v) is 11.5. The molecule has 0 bridgehead atoms. The van der Waals surface area contributed by atoms with Gasteiger partial charge in [0.2, 0.25) is 0 Å². The molecule has 0 saturated carbocycles. The summed E-state index contributed by atoms with van der Waals surface area (Å²) < 4.78 is 5.38. The summed E-state index contributed by atoms with van der Waals surface area (Å²) in [5.41, 5.74) is 8.13. The number of ether oxygens (including phenoxy) is 1. The molecule has 1 aliphatic heterocycles. The lowest BCUT2D eigenvalue weighted by atomic mass is 10.0. The lowest BCUT2D eigenvalue weighted by Gasteiger charge is -2.29. The Bertz CT molecular complexity index is 674. The molecule has 6 nitrogen and oxygen atoms in total. The number of aromatic nitrogens is 2. The predicted molar refractivity (Wildman–Crippen MR) is 79.6 cm³/mol. The third-order valence-corrected chi connectivity index (χ3v) is 3.45. The third-order valence-electron chi connectivity index (χ3n) is 3.45. The average Bonchev–Trinajstić information content (AvgIpc) is 2.56. The second kappa shape index (κ2) is 5.77. The highest BCUT2D eigenvalue weighted by molar-refractivity contribution is 5.79. The van der Waals surface area contributed by atoms with Crippen LogP contribution in [0.2, 0.25) is 0 Å². The molecule has 3 rings (SSSR count). The van der Waals surface area contributed by atoms with Crippen molar-refractivity contribution >= 4 is 11.6 Å². The van der Waals surface area contributed by atoms with Crippen LogP contribution in [-0.4, -0.2) is 36.3 Å². The molecule has 3 heterocycles. The van der Waals surface area contributed by atoms with E-state index in [9.17, 15) is 5.26 Å². The molecule has 1 aliphatic rings. The van der Waals surface area contributed by atoms with Gasteiger partial charge in [0, 0.05) is 31.0 Å². The van der Waals surface area contributed by atoms with Crippen molar-refractivity contribution < 1.29 is 4.74 Å². The zero-order valence-electron chi connectivity index (χ0n) is 11.5. The van der Waals surface area contributed by atoms with Crippen molar-refractivity contribution in [3.8, 4) is 17.2 Å². The summed E-state index contributed by atoms with van der Waals surface area (Å²) in [6, 6.07) is 7.69. The van der Waals surface area contributed by atoms with Gasteiger partial charge in [-0.05, 0) is 23.8 Å². The number of rotatable bonds is 2. The first kappa shape index (κ1) is 13.3. The molecule has 0 aromatic carbocycles. The minimum atomic E-state index is 0.261. The monoisotopic (exact) mass is 281 g/mol. The first-order chi connectivity index (χ1) is 10.3. The van der Waals surface area contributed by atoms with E-state index in [1.54, 1.807) is 18.5 Å². The minimum absolute atomic E-state index is 0.261. The van der Waals surface area contributed by atoms with Gasteiger partial charge in [0.25, 0.3) is 0 Å². The Morgan fingerprint density at radius 1 is 1.24 bits per heavy atom. The van der Waals surface area contributed by atoms with E-state index < -0.39 is 0 Å². The molecule has 0 radical (unpaired) electrons. The Hall–Kier alpha value is -2.65. The van der Waals surface area contributed by atoms with Gasteiger partial charge in [0.15, 0.2) is 0 Å². The highest BCUT2D eigenvalue weighted by Crippen LogP contribution is 2.32. The van der Waals surface area contributed by atoms with Gasteiger partial charge < -0.3 is 15.4 Å². The summed E-state index contributed by atoms with van der Waals surface area (Å²) in [4.78, 5) is 10.6. The highest BCUT2D eigenvalue weighted by atomic mass is 16.5.